The molecule has 28 heavy (non-hydrogen) atoms. The summed E-state index contributed by atoms with van der Waals surface area (Å²) < 4.78 is 11.0. The molecule has 0 radical (unpaired) electrons. The zero-order chi connectivity index (χ0) is 19.9. The summed E-state index contributed by atoms with van der Waals surface area (Å²) >= 11 is 4.68. The minimum atomic E-state index is -0.0624. The van der Waals surface area contributed by atoms with E-state index in [-0.39, 0.29) is 32.0 Å². The largest absolute Gasteiger partial charge is 0.461 e. The fourth-order valence-corrected chi connectivity index (χ4v) is 5.05. The number of ether oxygens (including phenoxy) is 2. The molecule has 4 rings (SSSR count). The molecule has 6 heteroatoms. The summed E-state index contributed by atoms with van der Waals surface area (Å²) in [5.41, 5.74) is 2.46. The lowest BCUT2D eigenvalue weighted by atomic mass is 10.1. The average molecular weight is 604 g/mol. The number of cyclic esters (lactones) is 2. The first-order valence-electron chi connectivity index (χ1n) is 9.31. The van der Waals surface area contributed by atoms with Crippen LogP contribution >= 0.6 is 45.2 Å². The third-order valence-electron chi connectivity index (χ3n) is 4.72. The Hall–Kier alpha value is -1.16. The fraction of sp³-hybridized carbons (Fsp3) is 0.364. The van der Waals surface area contributed by atoms with Crippen LogP contribution in [0.1, 0.15) is 44.7 Å². The van der Waals surface area contributed by atoms with Crippen LogP contribution in [-0.2, 0) is 19.1 Å². The molecule has 2 heterocycles. The lowest BCUT2D eigenvalue weighted by Gasteiger charge is -2.16. The maximum atomic E-state index is 11.0. The van der Waals surface area contributed by atoms with Crippen molar-refractivity contribution in [3.05, 3.63) is 71.8 Å². The molecule has 0 N–H and O–H groups in total. The monoisotopic (exact) mass is 604 g/mol. The number of benzene rings is 2. The van der Waals surface area contributed by atoms with Crippen molar-refractivity contribution in [2.24, 2.45) is 0 Å². The van der Waals surface area contributed by atoms with E-state index >= 15 is 0 Å². The topological polar surface area (TPSA) is 52.6 Å². The van der Waals surface area contributed by atoms with Gasteiger partial charge in [0, 0.05) is 12.8 Å². The molecule has 148 valence electrons. The van der Waals surface area contributed by atoms with E-state index < -0.39 is 0 Å². The van der Waals surface area contributed by atoms with Gasteiger partial charge in [-0.3, -0.25) is 9.59 Å². The fourth-order valence-electron chi connectivity index (χ4n) is 3.21. The van der Waals surface area contributed by atoms with E-state index in [4.69, 9.17) is 9.47 Å². The van der Waals surface area contributed by atoms with E-state index in [1.165, 1.54) is 11.1 Å². The quantitative estimate of drug-likeness (QED) is 0.254. The minimum absolute atomic E-state index is 0.0606. The summed E-state index contributed by atoms with van der Waals surface area (Å²) in [4.78, 5) is 21.9. The molecular weight excluding hydrogens is 582 g/mol. The second-order valence-electron chi connectivity index (χ2n) is 6.76. The summed E-state index contributed by atoms with van der Waals surface area (Å²) in [5, 5.41) is 0. The molecule has 0 aromatic heterocycles. The molecule has 2 aliphatic rings. The molecule has 2 saturated heterocycles. The first-order valence-corrected chi connectivity index (χ1v) is 11.8. The Morgan fingerprint density at radius 1 is 0.679 bits per heavy atom. The first-order chi connectivity index (χ1) is 13.5. The molecular formula is C22H22I2O4. The van der Waals surface area contributed by atoms with E-state index in [1.54, 1.807) is 0 Å². The third-order valence-corrected chi connectivity index (χ3v) is 7.76. The van der Waals surface area contributed by atoms with E-state index in [0.29, 0.717) is 12.8 Å². The molecule has 0 aliphatic carbocycles. The van der Waals surface area contributed by atoms with Gasteiger partial charge in [-0.15, -0.1) is 0 Å². The summed E-state index contributed by atoms with van der Waals surface area (Å²) in [7, 11) is 0. The Kier molecular flexibility index (Phi) is 8.13. The maximum Gasteiger partial charge on any atom is 0.306 e. The highest BCUT2D eigenvalue weighted by atomic mass is 127. The first kappa shape index (κ1) is 21.5. The summed E-state index contributed by atoms with van der Waals surface area (Å²) in [6.07, 6.45) is 2.95. The number of esters is 2. The Bertz CT molecular complexity index is 714. The predicted molar refractivity (Wildman–Crippen MR) is 125 cm³/mol. The number of carbonyl (C=O) groups excluding carboxylic acids is 2. The molecule has 4 nitrogen and oxygen atoms in total. The van der Waals surface area contributed by atoms with E-state index in [2.05, 4.69) is 69.4 Å². The van der Waals surface area contributed by atoms with Crippen molar-refractivity contribution in [3.8, 4) is 0 Å². The van der Waals surface area contributed by atoms with Crippen LogP contribution in [0.15, 0.2) is 60.7 Å². The maximum absolute atomic E-state index is 11.0. The highest BCUT2D eigenvalue weighted by Gasteiger charge is 2.31. The summed E-state index contributed by atoms with van der Waals surface area (Å²) in [5.74, 6) is -0.125. The molecule has 2 aromatic carbocycles. The molecule has 2 aliphatic heterocycles. The van der Waals surface area contributed by atoms with Crippen molar-refractivity contribution in [2.45, 2.75) is 45.7 Å². The molecule has 0 bridgehead atoms. The average Bonchev–Trinajstić information content (AvgIpc) is 3.37. The predicted octanol–water partition coefficient (Wildman–Crippen LogP) is 5.74. The zero-order valence-electron chi connectivity index (χ0n) is 15.3. The number of hydrogen-bond acceptors (Lipinski definition) is 4. The van der Waals surface area contributed by atoms with Gasteiger partial charge < -0.3 is 9.47 Å². The van der Waals surface area contributed by atoms with Crippen molar-refractivity contribution < 1.29 is 19.1 Å². The Balaban J connectivity index is 0.000000161. The lowest BCUT2D eigenvalue weighted by molar-refractivity contribution is -0.142. The number of halogens is 2. The highest BCUT2D eigenvalue weighted by Crippen LogP contribution is 2.35. The van der Waals surface area contributed by atoms with Crippen LogP contribution in [0.5, 0.6) is 0 Å². The van der Waals surface area contributed by atoms with Gasteiger partial charge in [0.2, 0.25) is 0 Å². The van der Waals surface area contributed by atoms with Gasteiger partial charge in [-0.05, 0) is 24.0 Å². The van der Waals surface area contributed by atoms with Gasteiger partial charge in [0.1, 0.15) is 12.2 Å². The van der Waals surface area contributed by atoms with E-state index in [0.717, 1.165) is 12.8 Å². The normalized spacial score (nSPS) is 23.2. The van der Waals surface area contributed by atoms with Crippen LogP contribution in [0.2, 0.25) is 0 Å². The van der Waals surface area contributed by atoms with Gasteiger partial charge >= 0.3 is 11.9 Å². The molecule has 0 saturated carbocycles. The summed E-state index contributed by atoms with van der Waals surface area (Å²) in [6, 6.07) is 20.3. The molecule has 2 fully saturated rings. The number of rotatable bonds is 4. The summed E-state index contributed by atoms with van der Waals surface area (Å²) in [6.45, 7) is 0. The van der Waals surface area contributed by atoms with Crippen LogP contribution in [0.25, 0.3) is 0 Å². The Labute approximate surface area is 192 Å². The smallest absolute Gasteiger partial charge is 0.306 e. The Morgan fingerprint density at radius 3 is 1.32 bits per heavy atom. The van der Waals surface area contributed by atoms with Crippen LogP contribution in [0.4, 0.5) is 0 Å². The van der Waals surface area contributed by atoms with Crippen molar-refractivity contribution >= 4 is 57.1 Å². The SMILES string of the molecule is O=C1CC[C@@H]([C@@H](I)c2ccccc2)O1.O=C1CC[C@@H]([C@@H](I)c2ccccc2)O1. The zero-order valence-corrected chi connectivity index (χ0v) is 19.6. The van der Waals surface area contributed by atoms with E-state index in [9.17, 15) is 9.59 Å². The highest BCUT2D eigenvalue weighted by molar-refractivity contribution is 14.1. The second kappa shape index (κ2) is 10.6. The number of hydrogen-bond donors (Lipinski definition) is 0. The van der Waals surface area contributed by atoms with Gasteiger partial charge in [-0.2, -0.15) is 0 Å². The van der Waals surface area contributed by atoms with Crippen molar-refractivity contribution in [2.75, 3.05) is 0 Å². The molecule has 0 unspecified atom stereocenters. The molecule has 0 spiro atoms. The third kappa shape index (κ3) is 5.92. The van der Waals surface area contributed by atoms with Gasteiger partial charge in [-0.25, -0.2) is 0 Å². The molecule has 4 atom stereocenters. The van der Waals surface area contributed by atoms with Crippen molar-refractivity contribution in [3.63, 3.8) is 0 Å². The van der Waals surface area contributed by atoms with Crippen LogP contribution in [0, 0.1) is 0 Å². The standard InChI is InChI=1S/2C11H11IO2/c2*12-11(8-4-2-1-3-5-8)9-6-7-10(13)14-9/h2*1-5,9,11H,6-7H2/t2*9-,11-/m00/s1. The number of alkyl halides is 2. The van der Waals surface area contributed by atoms with E-state index in [1.807, 2.05) is 36.4 Å². The lowest BCUT2D eigenvalue weighted by Crippen LogP contribution is -2.13. The number of carbonyl (C=O) groups is 2. The molecule has 0 amide bonds. The van der Waals surface area contributed by atoms with Crippen LogP contribution < -0.4 is 0 Å². The van der Waals surface area contributed by atoms with Gasteiger partial charge in [0.25, 0.3) is 0 Å². The van der Waals surface area contributed by atoms with Gasteiger partial charge in [-0.1, -0.05) is 106 Å². The Morgan fingerprint density at radius 2 is 1.04 bits per heavy atom. The minimum Gasteiger partial charge on any atom is -0.461 e. The van der Waals surface area contributed by atoms with Gasteiger partial charge in [0.05, 0.1) is 7.85 Å². The molecule has 2 aromatic rings. The van der Waals surface area contributed by atoms with Crippen molar-refractivity contribution in [1.29, 1.82) is 0 Å². The van der Waals surface area contributed by atoms with Crippen molar-refractivity contribution in [1.82, 2.24) is 0 Å². The second-order valence-corrected chi connectivity index (χ2v) is 9.44. The van der Waals surface area contributed by atoms with Crippen LogP contribution in [-0.4, -0.2) is 24.1 Å². The van der Waals surface area contributed by atoms with Crippen LogP contribution in [0.3, 0.4) is 0 Å². The van der Waals surface area contributed by atoms with Gasteiger partial charge in [0.15, 0.2) is 0 Å².